The van der Waals surface area contributed by atoms with Crippen LogP contribution in [0.2, 0.25) is 0 Å². The van der Waals surface area contributed by atoms with E-state index in [2.05, 4.69) is 36.9 Å². The second-order valence-electron chi connectivity index (χ2n) is 5.65. The molecule has 0 aromatic heterocycles. The van der Waals surface area contributed by atoms with Crippen molar-refractivity contribution in [1.29, 1.82) is 0 Å². The summed E-state index contributed by atoms with van der Waals surface area (Å²) in [5, 5.41) is 3.71. The zero-order valence-corrected chi connectivity index (χ0v) is 11.7. The van der Waals surface area contributed by atoms with Gasteiger partial charge in [0, 0.05) is 25.0 Å². The zero-order valence-electron chi connectivity index (χ0n) is 11.7. The Hall–Kier alpha value is -0.520. The zero-order chi connectivity index (χ0) is 12.7. The fourth-order valence-electron chi connectivity index (χ4n) is 2.60. The number of rotatable bonds is 6. The van der Waals surface area contributed by atoms with Gasteiger partial charge in [-0.3, -0.25) is 0 Å². The van der Waals surface area contributed by atoms with E-state index < -0.39 is 0 Å². The molecular weight excluding hydrogens is 208 g/mol. The van der Waals surface area contributed by atoms with E-state index in [-0.39, 0.29) is 0 Å². The van der Waals surface area contributed by atoms with Crippen LogP contribution >= 0.6 is 0 Å². The Balaban J connectivity index is 2.24. The van der Waals surface area contributed by atoms with Crippen LogP contribution in [0, 0.1) is 18.3 Å². The first kappa shape index (κ1) is 14.5. The number of hydrogen-bond acceptors (Lipinski definition) is 2. The number of nitrogens with zero attached hydrogens (tertiary/aromatic N) is 1. The van der Waals surface area contributed by atoms with E-state index in [0.29, 0.717) is 12.1 Å². The molecule has 1 aliphatic heterocycles. The van der Waals surface area contributed by atoms with Crippen LogP contribution in [0.5, 0.6) is 0 Å². The summed E-state index contributed by atoms with van der Waals surface area (Å²) in [5.41, 5.74) is 0. The maximum Gasteiger partial charge on any atom is 0.0240 e. The average Bonchev–Trinajstić information content (AvgIpc) is 2.30. The maximum atomic E-state index is 5.39. The predicted octanol–water partition coefficient (Wildman–Crippen LogP) is 2.50. The van der Waals surface area contributed by atoms with Gasteiger partial charge in [0.05, 0.1) is 0 Å². The number of hydrogen-bond donors (Lipinski definition) is 1. The molecule has 1 rings (SSSR count). The lowest BCUT2D eigenvalue weighted by molar-refractivity contribution is 0.174. The molecule has 17 heavy (non-hydrogen) atoms. The van der Waals surface area contributed by atoms with E-state index in [9.17, 15) is 0 Å². The highest BCUT2D eigenvalue weighted by Crippen LogP contribution is 2.13. The molecule has 1 N–H and O–H groups in total. The molecule has 0 aromatic rings. The molecule has 98 valence electrons. The highest BCUT2D eigenvalue weighted by atomic mass is 15.1. The van der Waals surface area contributed by atoms with Crippen molar-refractivity contribution in [3.8, 4) is 12.3 Å². The molecule has 1 unspecified atom stereocenters. The molecule has 1 atom stereocenters. The normalized spacial score (nSPS) is 20.4. The van der Waals surface area contributed by atoms with E-state index >= 15 is 0 Å². The summed E-state index contributed by atoms with van der Waals surface area (Å²) in [6, 6.07) is 1.19. The van der Waals surface area contributed by atoms with E-state index in [1.807, 2.05) is 0 Å². The van der Waals surface area contributed by atoms with Crippen LogP contribution in [-0.4, -0.2) is 36.6 Å². The van der Waals surface area contributed by atoms with Crippen LogP contribution in [0.15, 0.2) is 0 Å². The van der Waals surface area contributed by atoms with E-state index in [1.54, 1.807) is 0 Å². The molecule has 0 aliphatic carbocycles. The quantitative estimate of drug-likeness (QED) is 0.713. The summed E-state index contributed by atoms with van der Waals surface area (Å²) in [7, 11) is 0. The highest BCUT2D eigenvalue weighted by molar-refractivity contribution is 4.91. The minimum absolute atomic E-state index is 0.515. The molecule has 1 fully saturated rings. The Morgan fingerprint density at radius 2 is 2.00 bits per heavy atom. The van der Waals surface area contributed by atoms with E-state index in [4.69, 9.17) is 6.42 Å². The Morgan fingerprint density at radius 1 is 1.35 bits per heavy atom. The van der Waals surface area contributed by atoms with Crippen LogP contribution < -0.4 is 5.32 Å². The Bertz CT molecular complexity index is 234. The minimum Gasteiger partial charge on any atom is -0.310 e. The Labute approximate surface area is 107 Å². The summed E-state index contributed by atoms with van der Waals surface area (Å²) in [6.45, 7) is 10.5. The van der Waals surface area contributed by atoms with Crippen LogP contribution in [-0.2, 0) is 0 Å². The van der Waals surface area contributed by atoms with E-state index in [0.717, 1.165) is 18.8 Å². The fraction of sp³-hybridized carbons (Fsp3) is 0.867. The molecule has 0 saturated carbocycles. The highest BCUT2D eigenvalue weighted by Gasteiger charge is 2.20. The molecule has 2 heteroatoms. The third-order valence-corrected chi connectivity index (χ3v) is 3.54. The molecule has 0 aromatic carbocycles. The van der Waals surface area contributed by atoms with Crippen molar-refractivity contribution in [2.24, 2.45) is 5.92 Å². The molecule has 0 amide bonds. The van der Waals surface area contributed by atoms with Crippen molar-refractivity contribution in [3.63, 3.8) is 0 Å². The first-order chi connectivity index (χ1) is 8.15. The van der Waals surface area contributed by atoms with Gasteiger partial charge in [-0.25, -0.2) is 0 Å². The van der Waals surface area contributed by atoms with Crippen LogP contribution in [0.1, 0.15) is 46.5 Å². The fourth-order valence-corrected chi connectivity index (χ4v) is 2.60. The molecular formula is C15H28N2. The first-order valence-corrected chi connectivity index (χ1v) is 7.07. The van der Waals surface area contributed by atoms with Gasteiger partial charge in [0.15, 0.2) is 0 Å². The minimum atomic E-state index is 0.515. The Morgan fingerprint density at radius 3 is 2.47 bits per heavy atom. The summed E-state index contributed by atoms with van der Waals surface area (Å²) < 4.78 is 0. The van der Waals surface area contributed by atoms with Crippen molar-refractivity contribution in [2.45, 2.75) is 58.5 Å². The second-order valence-corrected chi connectivity index (χ2v) is 5.65. The van der Waals surface area contributed by atoms with Crippen LogP contribution in [0.25, 0.3) is 0 Å². The van der Waals surface area contributed by atoms with Gasteiger partial charge in [-0.15, -0.1) is 12.3 Å². The van der Waals surface area contributed by atoms with Crippen molar-refractivity contribution < 1.29 is 0 Å². The van der Waals surface area contributed by atoms with Gasteiger partial charge >= 0.3 is 0 Å². The number of likely N-dealkylation sites (tertiary alicyclic amines) is 1. The molecule has 0 radical (unpaired) electrons. The predicted molar refractivity (Wildman–Crippen MR) is 75.0 cm³/mol. The van der Waals surface area contributed by atoms with Crippen molar-refractivity contribution >= 4 is 0 Å². The molecule has 2 nitrogen and oxygen atoms in total. The lowest BCUT2D eigenvalue weighted by Gasteiger charge is -2.35. The van der Waals surface area contributed by atoms with E-state index in [1.165, 1.54) is 32.5 Å². The lowest BCUT2D eigenvalue weighted by Crippen LogP contribution is -2.46. The SMILES string of the molecule is C#CCC(CC)NC1CCN(CC(C)C)CC1. The van der Waals surface area contributed by atoms with Gasteiger partial charge < -0.3 is 10.2 Å². The largest absolute Gasteiger partial charge is 0.310 e. The number of terminal acetylenes is 1. The van der Waals surface area contributed by atoms with Crippen LogP contribution in [0.4, 0.5) is 0 Å². The number of nitrogens with one attached hydrogen (secondary N) is 1. The van der Waals surface area contributed by atoms with Gasteiger partial charge in [0.25, 0.3) is 0 Å². The number of piperidine rings is 1. The van der Waals surface area contributed by atoms with Crippen molar-refractivity contribution in [1.82, 2.24) is 10.2 Å². The summed E-state index contributed by atoms with van der Waals surface area (Å²) in [5.74, 6) is 3.55. The van der Waals surface area contributed by atoms with Crippen LogP contribution in [0.3, 0.4) is 0 Å². The smallest absolute Gasteiger partial charge is 0.0240 e. The molecule has 0 spiro atoms. The monoisotopic (exact) mass is 236 g/mol. The molecule has 1 heterocycles. The molecule has 0 bridgehead atoms. The van der Waals surface area contributed by atoms with Crippen molar-refractivity contribution in [2.75, 3.05) is 19.6 Å². The van der Waals surface area contributed by atoms with Gasteiger partial charge in [-0.2, -0.15) is 0 Å². The second kappa shape index (κ2) is 7.74. The van der Waals surface area contributed by atoms with Gasteiger partial charge in [0.2, 0.25) is 0 Å². The topological polar surface area (TPSA) is 15.3 Å². The third kappa shape index (κ3) is 5.57. The van der Waals surface area contributed by atoms with Gasteiger partial charge in [-0.1, -0.05) is 20.8 Å². The standard InChI is InChI=1S/C15H28N2/c1-5-7-14(6-2)16-15-8-10-17(11-9-15)12-13(3)4/h1,13-16H,6-12H2,2-4H3. The summed E-state index contributed by atoms with van der Waals surface area (Å²) in [6.07, 6.45) is 9.93. The summed E-state index contributed by atoms with van der Waals surface area (Å²) >= 11 is 0. The molecule has 1 saturated heterocycles. The van der Waals surface area contributed by atoms with Crippen molar-refractivity contribution in [3.05, 3.63) is 0 Å². The molecule has 1 aliphatic rings. The average molecular weight is 236 g/mol. The lowest BCUT2D eigenvalue weighted by atomic mass is 10.0. The third-order valence-electron chi connectivity index (χ3n) is 3.54. The van der Waals surface area contributed by atoms with Gasteiger partial charge in [0.1, 0.15) is 0 Å². The summed E-state index contributed by atoms with van der Waals surface area (Å²) in [4.78, 5) is 2.59. The maximum absolute atomic E-state index is 5.39. The first-order valence-electron chi connectivity index (χ1n) is 7.07. The Kier molecular flexibility index (Phi) is 6.62. The van der Waals surface area contributed by atoms with Gasteiger partial charge in [-0.05, 0) is 38.3 Å².